The van der Waals surface area contributed by atoms with Crippen LogP contribution < -0.4 is 11.1 Å². The van der Waals surface area contributed by atoms with Crippen LogP contribution in [0.2, 0.25) is 5.02 Å². The normalized spacial score (nSPS) is 10.2. The van der Waals surface area contributed by atoms with E-state index >= 15 is 0 Å². The van der Waals surface area contributed by atoms with Gasteiger partial charge in [-0.15, -0.1) is 11.3 Å². The topological polar surface area (TPSA) is 55.1 Å². The number of nitrogens with one attached hydrogen (secondary N) is 1. The Kier molecular flexibility index (Phi) is 3.71. The zero-order valence-corrected chi connectivity index (χ0v) is 11.7. The highest BCUT2D eigenvalue weighted by molar-refractivity contribution is 9.11. The Balaban J connectivity index is 2.15. The standard InChI is InChI=1S/C11H8BrClN2OS/c12-10-3-6(5-17-10)11(16)15-7-1-2-8(13)9(14)4-7/h1-5H,14H2,(H,15,16). The van der Waals surface area contributed by atoms with Crippen LogP contribution in [0.15, 0.2) is 33.4 Å². The Bertz CT molecular complexity index is 570. The van der Waals surface area contributed by atoms with E-state index in [-0.39, 0.29) is 5.91 Å². The Hall–Kier alpha value is -1.04. The number of rotatable bonds is 2. The molecule has 0 saturated heterocycles. The summed E-state index contributed by atoms with van der Waals surface area (Å²) >= 11 is 10.6. The minimum absolute atomic E-state index is 0.173. The van der Waals surface area contributed by atoms with Crippen LogP contribution >= 0.6 is 38.9 Å². The Labute approximate surface area is 116 Å². The number of anilines is 2. The maximum absolute atomic E-state index is 11.8. The molecule has 0 aliphatic rings. The van der Waals surface area contributed by atoms with E-state index in [1.54, 1.807) is 29.6 Å². The number of nitrogens with two attached hydrogens (primary N) is 1. The quantitative estimate of drug-likeness (QED) is 0.817. The van der Waals surface area contributed by atoms with Gasteiger partial charge in [0.15, 0.2) is 0 Å². The average Bonchev–Trinajstić information content (AvgIpc) is 2.70. The summed E-state index contributed by atoms with van der Waals surface area (Å²) < 4.78 is 0.915. The number of halogens is 2. The molecule has 0 atom stereocenters. The summed E-state index contributed by atoms with van der Waals surface area (Å²) in [5, 5.41) is 5.00. The highest BCUT2D eigenvalue weighted by atomic mass is 79.9. The third-order valence-electron chi connectivity index (χ3n) is 2.08. The van der Waals surface area contributed by atoms with E-state index < -0.39 is 0 Å². The molecule has 0 radical (unpaired) electrons. The lowest BCUT2D eigenvalue weighted by Crippen LogP contribution is -2.10. The summed E-state index contributed by atoms with van der Waals surface area (Å²) in [5.41, 5.74) is 7.32. The number of amides is 1. The Morgan fingerprint density at radius 3 is 2.76 bits per heavy atom. The van der Waals surface area contributed by atoms with E-state index in [1.807, 2.05) is 0 Å². The summed E-state index contributed by atoms with van der Waals surface area (Å²) in [6, 6.07) is 6.75. The maximum Gasteiger partial charge on any atom is 0.256 e. The molecule has 0 aliphatic carbocycles. The summed E-state index contributed by atoms with van der Waals surface area (Å²) in [6.07, 6.45) is 0. The van der Waals surface area contributed by atoms with Crippen LogP contribution in [0.3, 0.4) is 0 Å². The number of carbonyl (C=O) groups is 1. The van der Waals surface area contributed by atoms with Crippen molar-refractivity contribution < 1.29 is 4.79 Å². The summed E-state index contributed by atoms with van der Waals surface area (Å²) in [7, 11) is 0. The molecule has 0 unspecified atom stereocenters. The van der Waals surface area contributed by atoms with Crippen molar-refractivity contribution in [3.63, 3.8) is 0 Å². The third kappa shape index (κ3) is 3.00. The van der Waals surface area contributed by atoms with Crippen LogP contribution in [0.4, 0.5) is 11.4 Å². The van der Waals surface area contributed by atoms with Crippen LogP contribution in [0, 0.1) is 0 Å². The number of hydrogen-bond acceptors (Lipinski definition) is 3. The summed E-state index contributed by atoms with van der Waals surface area (Å²) in [4.78, 5) is 11.8. The van der Waals surface area contributed by atoms with Crippen molar-refractivity contribution in [2.75, 3.05) is 11.1 Å². The number of thiophene rings is 1. The van der Waals surface area contributed by atoms with E-state index in [0.717, 1.165) is 3.79 Å². The lowest BCUT2D eigenvalue weighted by molar-refractivity contribution is 0.102. The second-order valence-electron chi connectivity index (χ2n) is 3.33. The minimum Gasteiger partial charge on any atom is -0.397 e. The molecule has 6 heteroatoms. The van der Waals surface area contributed by atoms with Gasteiger partial charge in [-0.2, -0.15) is 0 Å². The zero-order chi connectivity index (χ0) is 12.4. The van der Waals surface area contributed by atoms with Crippen LogP contribution in [0.1, 0.15) is 10.4 Å². The fourth-order valence-corrected chi connectivity index (χ4v) is 2.51. The van der Waals surface area contributed by atoms with Gasteiger partial charge >= 0.3 is 0 Å². The largest absolute Gasteiger partial charge is 0.397 e. The number of benzene rings is 1. The average molecular weight is 332 g/mol. The van der Waals surface area contributed by atoms with Gasteiger partial charge in [0, 0.05) is 11.1 Å². The monoisotopic (exact) mass is 330 g/mol. The number of nitrogen functional groups attached to an aromatic ring is 1. The highest BCUT2D eigenvalue weighted by Crippen LogP contribution is 2.24. The summed E-state index contributed by atoms with van der Waals surface area (Å²) in [5.74, 6) is -0.173. The molecule has 88 valence electrons. The second-order valence-corrected chi connectivity index (χ2v) is 6.03. The molecule has 1 heterocycles. The predicted octanol–water partition coefficient (Wildman–Crippen LogP) is 4.00. The first kappa shape index (κ1) is 12.4. The van der Waals surface area contributed by atoms with Gasteiger partial charge in [-0.05, 0) is 40.2 Å². The summed E-state index contributed by atoms with van der Waals surface area (Å²) in [6.45, 7) is 0. The van der Waals surface area contributed by atoms with Gasteiger partial charge in [-0.1, -0.05) is 11.6 Å². The van der Waals surface area contributed by atoms with Crippen molar-refractivity contribution in [1.82, 2.24) is 0 Å². The highest BCUT2D eigenvalue weighted by Gasteiger charge is 2.08. The van der Waals surface area contributed by atoms with Crippen LogP contribution in [-0.4, -0.2) is 5.91 Å². The van der Waals surface area contributed by atoms with Crippen molar-refractivity contribution in [3.05, 3.63) is 44.0 Å². The van der Waals surface area contributed by atoms with E-state index in [4.69, 9.17) is 17.3 Å². The molecule has 2 rings (SSSR count). The van der Waals surface area contributed by atoms with E-state index in [1.165, 1.54) is 11.3 Å². The molecule has 0 spiro atoms. The van der Waals surface area contributed by atoms with Gasteiger partial charge in [0.25, 0.3) is 5.91 Å². The molecular formula is C11H8BrClN2OS. The number of carbonyl (C=O) groups excluding carboxylic acids is 1. The van der Waals surface area contributed by atoms with Crippen LogP contribution in [0.5, 0.6) is 0 Å². The van der Waals surface area contributed by atoms with Crippen molar-refractivity contribution in [1.29, 1.82) is 0 Å². The first-order valence-corrected chi connectivity index (χ1v) is 6.72. The fraction of sp³-hybridized carbons (Fsp3) is 0. The molecule has 17 heavy (non-hydrogen) atoms. The van der Waals surface area contributed by atoms with Crippen molar-refractivity contribution in [2.24, 2.45) is 0 Å². The van der Waals surface area contributed by atoms with Gasteiger partial charge in [0.2, 0.25) is 0 Å². The number of hydrogen-bond donors (Lipinski definition) is 2. The zero-order valence-electron chi connectivity index (χ0n) is 8.54. The third-order valence-corrected chi connectivity index (χ3v) is 3.93. The molecule has 1 amide bonds. The molecule has 0 aliphatic heterocycles. The maximum atomic E-state index is 11.8. The second kappa shape index (κ2) is 5.08. The molecule has 3 nitrogen and oxygen atoms in total. The van der Waals surface area contributed by atoms with Crippen molar-refractivity contribution in [3.8, 4) is 0 Å². The van der Waals surface area contributed by atoms with E-state index in [2.05, 4.69) is 21.2 Å². The lowest BCUT2D eigenvalue weighted by Gasteiger charge is -2.05. The molecular weight excluding hydrogens is 324 g/mol. The molecule has 0 fully saturated rings. The van der Waals surface area contributed by atoms with Crippen molar-refractivity contribution in [2.45, 2.75) is 0 Å². The Morgan fingerprint density at radius 2 is 2.18 bits per heavy atom. The molecule has 3 N–H and O–H groups in total. The molecule has 0 saturated carbocycles. The molecule has 1 aromatic heterocycles. The first-order chi connectivity index (χ1) is 8.06. The predicted molar refractivity (Wildman–Crippen MR) is 75.8 cm³/mol. The van der Waals surface area contributed by atoms with Gasteiger partial charge < -0.3 is 11.1 Å². The molecule has 0 bridgehead atoms. The van der Waals surface area contributed by atoms with E-state index in [9.17, 15) is 4.79 Å². The SMILES string of the molecule is Nc1cc(NC(=O)c2csc(Br)c2)ccc1Cl. The smallest absolute Gasteiger partial charge is 0.256 e. The molecule has 1 aromatic carbocycles. The van der Waals surface area contributed by atoms with E-state index in [0.29, 0.717) is 22.0 Å². The minimum atomic E-state index is -0.173. The van der Waals surface area contributed by atoms with Crippen molar-refractivity contribution >= 4 is 56.1 Å². The van der Waals surface area contributed by atoms with Gasteiger partial charge in [0.1, 0.15) is 0 Å². The van der Waals surface area contributed by atoms with Gasteiger partial charge in [0.05, 0.1) is 20.1 Å². The van der Waals surface area contributed by atoms with Crippen LogP contribution in [-0.2, 0) is 0 Å². The van der Waals surface area contributed by atoms with Gasteiger partial charge in [-0.3, -0.25) is 4.79 Å². The van der Waals surface area contributed by atoms with Crippen LogP contribution in [0.25, 0.3) is 0 Å². The van der Waals surface area contributed by atoms with Gasteiger partial charge in [-0.25, -0.2) is 0 Å². The Morgan fingerprint density at radius 1 is 1.41 bits per heavy atom. The lowest BCUT2D eigenvalue weighted by atomic mass is 10.2. The first-order valence-electron chi connectivity index (χ1n) is 4.66. The fourth-order valence-electron chi connectivity index (χ4n) is 1.25. The molecule has 2 aromatic rings.